The Bertz CT molecular complexity index is 1110. The van der Waals surface area contributed by atoms with E-state index in [2.05, 4.69) is 60.4 Å². The first-order valence-electron chi connectivity index (χ1n) is 10.5. The number of benzene rings is 3. The van der Waals surface area contributed by atoms with E-state index < -0.39 is 10.0 Å². The number of nitrogens with zero attached hydrogens (tertiary/aromatic N) is 2. The lowest BCUT2D eigenvalue weighted by molar-refractivity contribution is 0.156. The van der Waals surface area contributed by atoms with Crippen molar-refractivity contribution in [1.29, 1.82) is 0 Å². The van der Waals surface area contributed by atoms with Gasteiger partial charge in [0.05, 0.1) is 18.0 Å². The standard InChI is InChI=1S/C25H28N2O3S/c1-20-11-13-22(14-12-20)25(21-7-4-3-5-8-21)26-15-17-27(18-16-26)31(28,29)24-10-6-9-23(19-24)30-2/h3-14,19,25H,15-18H2,1-2H3/t25-/m1/s1. The summed E-state index contributed by atoms with van der Waals surface area (Å²) in [6.45, 7) is 4.32. The summed E-state index contributed by atoms with van der Waals surface area (Å²) >= 11 is 0. The van der Waals surface area contributed by atoms with Crippen molar-refractivity contribution in [2.24, 2.45) is 0 Å². The third-order valence-corrected chi connectivity index (χ3v) is 7.72. The van der Waals surface area contributed by atoms with Crippen LogP contribution < -0.4 is 4.74 Å². The first-order valence-corrected chi connectivity index (χ1v) is 11.9. The van der Waals surface area contributed by atoms with Gasteiger partial charge in [0.1, 0.15) is 5.75 Å². The second kappa shape index (κ2) is 9.22. The third kappa shape index (κ3) is 4.66. The van der Waals surface area contributed by atoms with E-state index in [1.807, 2.05) is 6.07 Å². The molecule has 31 heavy (non-hydrogen) atoms. The first-order chi connectivity index (χ1) is 15.0. The lowest BCUT2D eigenvalue weighted by Gasteiger charge is -2.39. The first kappa shape index (κ1) is 21.6. The molecule has 0 unspecified atom stereocenters. The molecule has 162 valence electrons. The minimum atomic E-state index is -3.55. The summed E-state index contributed by atoms with van der Waals surface area (Å²) in [4.78, 5) is 2.65. The summed E-state index contributed by atoms with van der Waals surface area (Å²) in [5.41, 5.74) is 3.67. The molecule has 3 aromatic rings. The smallest absolute Gasteiger partial charge is 0.243 e. The Balaban J connectivity index is 1.56. The van der Waals surface area contributed by atoms with E-state index in [9.17, 15) is 8.42 Å². The Morgan fingerprint density at radius 2 is 1.45 bits per heavy atom. The van der Waals surface area contributed by atoms with Gasteiger partial charge in [-0.3, -0.25) is 4.90 Å². The van der Waals surface area contributed by atoms with Crippen LogP contribution in [0.2, 0.25) is 0 Å². The summed E-state index contributed by atoms with van der Waals surface area (Å²) < 4.78 is 33.1. The van der Waals surface area contributed by atoms with Gasteiger partial charge in [-0.15, -0.1) is 0 Å². The average molecular weight is 437 g/mol. The molecule has 3 aromatic carbocycles. The molecule has 1 aliphatic heterocycles. The molecule has 1 atom stereocenters. The van der Waals surface area contributed by atoms with Gasteiger partial charge in [0.15, 0.2) is 0 Å². The molecule has 1 heterocycles. The highest BCUT2D eigenvalue weighted by atomic mass is 32.2. The topological polar surface area (TPSA) is 49.9 Å². The zero-order chi connectivity index (χ0) is 21.8. The van der Waals surface area contributed by atoms with Crippen LogP contribution in [0.5, 0.6) is 5.75 Å². The van der Waals surface area contributed by atoms with Crippen molar-refractivity contribution < 1.29 is 13.2 Å². The number of aryl methyl sites for hydroxylation is 1. The van der Waals surface area contributed by atoms with E-state index in [-0.39, 0.29) is 10.9 Å². The highest BCUT2D eigenvalue weighted by Gasteiger charge is 2.32. The summed E-state index contributed by atoms with van der Waals surface area (Å²) in [7, 11) is -2.01. The molecule has 5 nitrogen and oxygen atoms in total. The number of hydrogen-bond donors (Lipinski definition) is 0. The van der Waals surface area contributed by atoms with Crippen molar-refractivity contribution in [3.05, 3.63) is 95.6 Å². The van der Waals surface area contributed by atoms with E-state index in [0.29, 0.717) is 31.9 Å². The number of hydrogen-bond acceptors (Lipinski definition) is 4. The van der Waals surface area contributed by atoms with Gasteiger partial charge in [0.25, 0.3) is 0 Å². The van der Waals surface area contributed by atoms with Gasteiger partial charge in [-0.05, 0) is 30.2 Å². The molecule has 1 saturated heterocycles. The Hall–Kier alpha value is -2.67. The van der Waals surface area contributed by atoms with E-state index in [0.717, 1.165) is 0 Å². The van der Waals surface area contributed by atoms with Crippen LogP contribution in [0.15, 0.2) is 83.8 Å². The summed E-state index contributed by atoms with van der Waals surface area (Å²) in [6.07, 6.45) is 0. The molecule has 0 aromatic heterocycles. The van der Waals surface area contributed by atoms with Gasteiger partial charge in [0, 0.05) is 32.2 Å². The zero-order valence-corrected chi connectivity index (χ0v) is 18.8. The predicted octanol–water partition coefficient (Wildman–Crippen LogP) is 4.10. The SMILES string of the molecule is COc1cccc(S(=O)(=O)N2CCN([C@H](c3ccccc3)c3ccc(C)cc3)CC2)c1. The molecule has 1 fully saturated rings. The number of sulfonamides is 1. The number of methoxy groups -OCH3 is 1. The fraction of sp³-hybridized carbons (Fsp3) is 0.280. The van der Waals surface area contributed by atoms with Crippen LogP contribution >= 0.6 is 0 Å². The Kier molecular flexibility index (Phi) is 6.41. The highest BCUT2D eigenvalue weighted by molar-refractivity contribution is 7.89. The monoisotopic (exact) mass is 436 g/mol. The van der Waals surface area contributed by atoms with Crippen molar-refractivity contribution in [2.75, 3.05) is 33.3 Å². The van der Waals surface area contributed by atoms with Gasteiger partial charge in [-0.2, -0.15) is 4.31 Å². The third-order valence-electron chi connectivity index (χ3n) is 5.83. The maximum Gasteiger partial charge on any atom is 0.243 e. The highest BCUT2D eigenvalue weighted by Crippen LogP contribution is 2.31. The average Bonchev–Trinajstić information content (AvgIpc) is 2.81. The fourth-order valence-electron chi connectivity index (χ4n) is 4.11. The molecule has 0 radical (unpaired) electrons. The maximum atomic E-state index is 13.2. The van der Waals surface area contributed by atoms with Crippen LogP contribution in [-0.2, 0) is 10.0 Å². The molecular formula is C25H28N2O3S. The summed E-state index contributed by atoms with van der Waals surface area (Å²) in [5.74, 6) is 0.545. The number of ether oxygens (including phenoxy) is 1. The quantitative estimate of drug-likeness (QED) is 0.584. The van der Waals surface area contributed by atoms with Crippen LogP contribution in [-0.4, -0.2) is 50.9 Å². The van der Waals surface area contributed by atoms with Crippen molar-refractivity contribution >= 4 is 10.0 Å². The molecule has 0 aliphatic carbocycles. The van der Waals surface area contributed by atoms with Crippen molar-refractivity contribution in [1.82, 2.24) is 9.21 Å². The van der Waals surface area contributed by atoms with Gasteiger partial charge >= 0.3 is 0 Å². The fourth-order valence-corrected chi connectivity index (χ4v) is 5.57. The lowest BCUT2D eigenvalue weighted by atomic mass is 9.96. The minimum Gasteiger partial charge on any atom is -0.497 e. The number of rotatable bonds is 6. The van der Waals surface area contributed by atoms with Crippen molar-refractivity contribution in [3.8, 4) is 5.75 Å². The van der Waals surface area contributed by atoms with Gasteiger partial charge in [-0.25, -0.2) is 8.42 Å². The van der Waals surface area contributed by atoms with Crippen molar-refractivity contribution in [2.45, 2.75) is 17.9 Å². The largest absolute Gasteiger partial charge is 0.497 e. The van der Waals surface area contributed by atoms with E-state index in [1.165, 1.54) is 16.7 Å². The molecule has 6 heteroatoms. The van der Waals surface area contributed by atoms with E-state index >= 15 is 0 Å². The molecule has 0 amide bonds. The van der Waals surface area contributed by atoms with Crippen LogP contribution in [0, 0.1) is 6.92 Å². The number of piperazine rings is 1. The molecule has 0 N–H and O–H groups in total. The molecule has 0 bridgehead atoms. The molecule has 1 aliphatic rings. The maximum absolute atomic E-state index is 13.2. The lowest BCUT2D eigenvalue weighted by Crippen LogP contribution is -2.49. The Labute approximate surface area is 184 Å². The zero-order valence-electron chi connectivity index (χ0n) is 17.9. The van der Waals surface area contributed by atoms with E-state index in [1.54, 1.807) is 35.7 Å². The predicted molar refractivity (Wildman–Crippen MR) is 123 cm³/mol. The van der Waals surface area contributed by atoms with Gasteiger partial charge < -0.3 is 4.74 Å². The Morgan fingerprint density at radius 1 is 0.806 bits per heavy atom. The second-order valence-corrected chi connectivity index (χ2v) is 9.78. The van der Waals surface area contributed by atoms with Crippen molar-refractivity contribution in [3.63, 3.8) is 0 Å². The van der Waals surface area contributed by atoms with Gasteiger partial charge in [-0.1, -0.05) is 66.2 Å². The van der Waals surface area contributed by atoms with Crippen LogP contribution in [0.4, 0.5) is 0 Å². The van der Waals surface area contributed by atoms with Gasteiger partial charge in [0.2, 0.25) is 10.0 Å². The van der Waals surface area contributed by atoms with Crippen LogP contribution in [0.25, 0.3) is 0 Å². The molecule has 0 saturated carbocycles. The molecule has 4 rings (SSSR count). The van der Waals surface area contributed by atoms with Crippen LogP contribution in [0.1, 0.15) is 22.7 Å². The normalized spacial score (nSPS) is 16.7. The summed E-state index contributed by atoms with van der Waals surface area (Å²) in [5, 5.41) is 0. The second-order valence-electron chi connectivity index (χ2n) is 7.84. The minimum absolute atomic E-state index is 0.100. The Morgan fingerprint density at radius 3 is 2.10 bits per heavy atom. The summed E-state index contributed by atoms with van der Waals surface area (Å²) in [6, 6.07) is 25.8. The van der Waals surface area contributed by atoms with E-state index in [4.69, 9.17) is 4.74 Å². The van der Waals surface area contributed by atoms with Crippen LogP contribution in [0.3, 0.4) is 0 Å². The molecular weight excluding hydrogens is 408 g/mol. The molecule has 0 spiro atoms.